The number of halogens is 1. The van der Waals surface area contributed by atoms with Crippen LogP contribution in [0.3, 0.4) is 0 Å². The van der Waals surface area contributed by atoms with Crippen molar-refractivity contribution < 1.29 is 14.5 Å². The molecule has 8 nitrogen and oxygen atoms in total. The number of nitrogens with one attached hydrogen (secondary N) is 2. The molecule has 23 heavy (non-hydrogen) atoms. The van der Waals surface area contributed by atoms with E-state index in [1.54, 1.807) is 18.2 Å². The maximum atomic E-state index is 12.1. The summed E-state index contributed by atoms with van der Waals surface area (Å²) in [7, 11) is 1.50. The zero-order valence-electron chi connectivity index (χ0n) is 12.5. The highest BCUT2D eigenvalue weighted by molar-refractivity contribution is 6.30. The van der Waals surface area contributed by atoms with E-state index < -0.39 is 16.9 Å². The molecule has 0 saturated heterocycles. The third-order valence-corrected chi connectivity index (χ3v) is 3.50. The smallest absolute Gasteiger partial charge is 0.322 e. The van der Waals surface area contributed by atoms with Crippen molar-refractivity contribution in [1.29, 1.82) is 0 Å². The first-order valence-electron chi connectivity index (χ1n) is 6.69. The van der Waals surface area contributed by atoms with Crippen molar-refractivity contribution in [3.8, 4) is 0 Å². The minimum absolute atomic E-state index is 0.124. The van der Waals surface area contributed by atoms with Crippen LogP contribution in [0.4, 0.5) is 5.69 Å². The van der Waals surface area contributed by atoms with Gasteiger partial charge in [-0.25, -0.2) is 0 Å². The Morgan fingerprint density at radius 1 is 1.57 bits per heavy atom. The summed E-state index contributed by atoms with van der Waals surface area (Å²) in [6, 6.07) is 7.04. The van der Waals surface area contributed by atoms with Crippen LogP contribution in [0.1, 0.15) is 27.8 Å². The van der Waals surface area contributed by atoms with E-state index in [0.717, 1.165) is 5.56 Å². The highest BCUT2D eigenvalue weighted by atomic mass is 35.5. The van der Waals surface area contributed by atoms with Gasteiger partial charge in [0, 0.05) is 18.7 Å². The number of amides is 1. The van der Waals surface area contributed by atoms with Crippen LogP contribution >= 0.6 is 11.6 Å². The lowest BCUT2D eigenvalue weighted by Gasteiger charge is -2.16. The Hall–Kier alpha value is -2.45. The topological polar surface area (TPSA) is 110 Å². The molecule has 1 heterocycles. The number of nitrogens with zero attached hydrogens (tertiary/aromatic N) is 2. The van der Waals surface area contributed by atoms with Crippen LogP contribution in [0, 0.1) is 17.0 Å². The summed E-state index contributed by atoms with van der Waals surface area (Å²) in [6.45, 7) is 1.60. The van der Waals surface area contributed by atoms with Gasteiger partial charge in [0.2, 0.25) is 5.69 Å². The average Bonchev–Trinajstić information content (AvgIpc) is 2.90. The summed E-state index contributed by atoms with van der Waals surface area (Å²) in [5.74, 6) is -0.648. The van der Waals surface area contributed by atoms with E-state index in [-0.39, 0.29) is 23.6 Å². The van der Waals surface area contributed by atoms with E-state index in [0.29, 0.717) is 5.02 Å². The fraction of sp³-hybridized carbons (Fsp3) is 0.286. The first kappa shape index (κ1) is 16.9. The maximum absolute atomic E-state index is 12.1. The molecule has 2 aromatic rings. The molecule has 0 bridgehead atoms. The van der Waals surface area contributed by atoms with E-state index >= 15 is 0 Å². The number of aryl methyl sites for hydroxylation is 1. The summed E-state index contributed by atoms with van der Waals surface area (Å²) in [4.78, 5) is 22.5. The van der Waals surface area contributed by atoms with E-state index in [9.17, 15) is 14.9 Å². The van der Waals surface area contributed by atoms with Crippen LogP contribution in [-0.4, -0.2) is 34.7 Å². The molecule has 0 spiro atoms. The maximum Gasteiger partial charge on any atom is 0.322 e. The Kier molecular flexibility index (Phi) is 5.30. The number of aromatic nitrogens is 2. The van der Waals surface area contributed by atoms with E-state index in [2.05, 4.69) is 15.5 Å². The quantitative estimate of drug-likeness (QED) is 0.620. The molecule has 0 aliphatic rings. The number of nitro groups is 1. The number of H-pyrrole nitrogens is 1. The van der Waals surface area contributed by atoms with Crippen molar-refractivity contribution in [3.63, 3.8) is 0 Å². The number of benzene rings is 1. The molecule has 2 rings (SSSR count). The van der Waals surface area contributed by atoms with Gasteiger partial charge in [-0.2, -0.15) is 5.10 Å². The average molecular weight is 339 g/mol. The number of ether oxygens (including phenoxy) is 1. The monoisotopic (exact) mass is 338 g/mol. The predicted molar refractivity (Wildman–Crippen MR) is 83.5 cm³/mol. The zero-order chi connectivity index (χ0) is 17.0. The molecule has 0 aliphatic heterocycles. The Bertz CT molecular complexity index is 731. The third-order valence-electron chi connectivity index (χ3n) is 3.27. The fourth-order valence-electron chi connectivity index (χ4n) is 2.12. The van der Waals surface area contributed by atoms with E-state index in [4.69, 9.17) is 16.3 Å². The number of hydrogen-bond acceptors (Lipinski definition) is 5. The molecular formula is C14H15ClN4O4. The van der Waals surface area contributed by atoms with Crippen molar-refractivity contribution in [1.82, 2.24) is 15.5 Å². The lowest BCUT2D eigenvalue weighted by Crippen LogP contribution is -2.29. The molecule has 9 heteroatoms. The molecule has 2 N–H and O–H groups in total. The molecule has 0 unspecified atom stereocenters. The minimum atomic E-state index is -0.648. The van der Waals surface area contributed by atoms with Gasteiger partial charge in [0.25, 0.3) is 5.91 Å². The van der Waals surface area contributed by atoms with Gasteiger partial charge in [0.15, 0.2) is 0 Å². The number of aromatic amines is 1. The van der Waals surface area contributed by atoms with Crippen molar-refractivity contribution >= 4 is 23.2 Å². The molecule has 0 radical (unpaired) electrons. The highest BCUT2D eigenvalue weighted by Crippen LogP contribution is 2.22. The van der Waals surface area contributed by atoms with Gasteiger partial charge in [-0.1, -0.05) is 23.7 Å². The standard InChI is InChI=1S/C14H15ClN4O4/c1-8-13(19(21)22)12(18-17-8)14(20)16-7-11(23-2)9-4-3-5-10(15)6-9/h3-6,11H,7H2,1-2H3,(H,16,20)(H,17,18)/t11-/m1/s1. The summed E-state index contributed by atoms with van der Waals surface area (Å²) < 4.78 is 5.33. The van der Waals surface area contributed by atoms with Gasteiger partial charge >= 0.3 is 5.69 Å². The van der Waals surface area contributed by atoms with Gasteiger partial charge < -0.3 is 10.1 Å². The largest absolute Gasteiger partial charge is 0.375 e. The zero-order valence-corrected chi connectivity index (χ0v) is 13.3. The molecule has 0 aliphatic carbocycles. The van der Waals surface area contributed by atoms with Crippen molar-refractivity contribution in [2.45, 2.75) is 13.0 Å². The highest BCUT2D eigenvalue weighted by Gasteiger charge is 2.27. The van der Waals surface area contributed by atoms with Gasteiger partial charge in [-0.15, -0.1) is 0 Å². The molecule has 1 aromatic carbocycles. The van der Waals surface area contributed by atoms with Gasteiger partial charge in [-0.05, 0) is 24.6 Å². The number of hydrogen-bond donors (Lipinski definition) is 2. The van der Waals surface area contributed by atoms with Crippen molar-refractivity contribution in [2.24, 2.45) is 0 Å². The Morgan fingerprint density at radius 3 is 2.91 bits per heavy atom. The fourth-order valence-corrected chi connectivity index (χ4v) is 2.32. The first-order valence-corrected chi connectivity index (χ1v) is 7.07. The van der Waals surface area contributed by atoms with Crippen molar-refractivity contribution in [2.75, 3.05) is 13.7 Å². The molecule has 1 aromatic heterocycles. The number of methoxy groups -OCH3 is 1. The second kappa shape index (κ2) is 7.21. The first-order chi connectivity index (χ1) is 10.9. The van der Waals surface area contributed by atoms with Crippen LogP contribution in [0.25, 0.3) is 0 Å². The molecule has 1 amide bonds. The van der Waals surface area contributed by atoms with E-state index in [1.165, 1.54) is 14.0 Å². The van der Waals surface area contributed by atoms with E-state index in [1.807, 2.05) is 6.07 Å². The normalized spacial score (nSPS) is 12.0. The molecule has 1 atom stereocenters. The second-order valence-electron chi connectivity index (χ2n) is 4.79. The predicted octanol–water partition coefficient (Wildman–Crippen LogP) is 2.40. The minimum Gasteiger partial charge on any atom is -0.375 e. The van der Waals surface area contributed by atoms with Gasteiger partial charge in [0.1, 0.15) is 5.69 Å². The number of carbonyl (C=O) groups is 1. The van der Waals surface area contributed by atoms with Crippen LogP contribution in [0.2, 0.25) is 5.02 Å². The molecular weight excluding hydrogens is 324 g/mol. The summed E-state index contributed by atoms with van der Waals surface area (Å²) in [6.07, 6.45) is -0.434. The van der Waals surface area contributed by atoms with Crippen LogP contribution in [0.5, 0.6) is 0 Å². The Morgan fingerprint density at radius 2 is 2.30 bits per heavy atom. The number of rotatable bonds is 6. The molecule has 122 valence electrons. The lowest BCUT2D eigenvalue weighted by atomic mass is 10.1. The van der Waals surface area contributed by atoms with Gasteiger partial charge in [0.05, 0.1) is 11.0 Å². The van der Waals surface area contributed by atoms with Crippen molar-refractivity contribution in [3.05, 3.63) is 56.4 Å². The van der Waals surface area contributed by atoms with Crippen LogP contribution < -0.4 is 5.32 Å². The Labute approximate surface area is 136 Å². The molecule has 0 saturated carbocycles. The van der Waals surface area contributed by atoms with Gasteiger partial charge in [-0.3, -0.25) is 20.0 Å². The Balaban J connectivity index is 2.10. The van der Waals surface area contributed by atoms with Crippen LogP contribution in [0.15, 0.2) is 24.3 Å². The molecule has 0 fully saturated rings. The third kappa shape index (κ3) is 3.85. The summed E-state index contributed by atoms with van der Waals surface area (Å²) >= 11 is 5.93. The lowest BCUT2D eigenvalue weighted by molar-refractivity contribution is -0.385. The summed E-state index contributed by atoms with van der Waals surface area (Å²) in [5.41, 5.74) is 0.416. The second-order valence-corrected chi connectivity index (χ2v) is 5.23. The summed E-state index contributed by atoms with van der Waals surface area (Å²) in [5, 5.41) is 20.2. The SMILES string of the molecule is CO[C@H](CNC(=O)c1n[nH]c(C)c1[N+](=O)[O-])c1cccc(Cl)c1. The number of carbonyl (C=O) groups excluding carboxylic acids is 1. The van der Waals surface area contributed by atoms with Crippen LogP contribution in [-0.2, 0) is 4.74 Å².